The minimum Gasteiger partial charge on any atom is -0.338 e. The number of carbonyl (C=O) groups excluding carboxylic acids is 1. The van der Waals surface area contributed by atoms with Gasteiger partial charge in [-0.25, -0.2) is 4.98 Å². The van der Waals surface area contributed by atoms with Crippen LogP contribution in [0.15, 0.2) is 35.4 Å². The summed E-state index contributed by atoms with van der Waals surface area (Å²) in [5.74, 6) is 0.0401. The van der Waals surface area contributed by atoms with Crippen molar-refractivity contribution in [2.45, 2.75) is 63.6 Å². The Morgan fingerprint density at radius 2 is 2.04 bits per heavy atom. The molecule has 2 fully saturated rings. The van der Waals surface area contributed by atoms with Crippen LogP contribution < -0.4 is 10.9 Å². The maximum atomic E-state index is 13.0. The zero-order valence-corrected chi connectivity index (χ0v) is 15.8. The van der Waals surface area contributed by atoms with Gasteiger partial charge in [-0.05, 0) is 63.6 Å². The molecule has 1 amide bonds. The predicted octanol–water partition coefficient (Wildman–Crippen LogP) is 2.31. The van der Waals surface area contributed by atoms with Gasteiger partial charge in [0.25, 0.3) is 5.56 Å². The summed E-state index contributed by atoms with van der Waals surface area (Å²) < 4.78 is 1.45. The maximum absolute atomic E-state index is 13.0. The first-order valence-electron chi connectivity index (χ1n) is 10.2. The molecule has 27 heavy (non-hydrogen) atoms. The van der Waals surface area contributed by atoms with Gasteiger partial charge in [0.15, 0.2) is 0 Å². The van der Waals surface area contributed by atoms with Gasteiger partial charge in [-0.3, -0.25) is 14.2 Å². The van der Waals surface area contributed by atoms with Gasteiger partial charge in [-0.15, -0.1) is 0 Å². The number of para-hydroxylation sites is 1. The van der Waals surface area contributed by atoms with E-state index in [2.05, 4.69) is 10.3 Å². The van der Waals surface area contributed by atoms with E-state index in [1.807, 2.05) is 23.1 Å². The number of nitrogens with zero attached hydrogens (tertiary/aromatic N) is 3. The second-order valence-corrected chi connectivity index (χ2v) is 7.80. The smallest absolute Gasteiger partial charge is 0.261 e. The predicted molar refractivity (Wildman–Crippen MR) is 106 cm³/mol. The Hall–Kier alpha value is -2.21. The lowest BCUT2D eigenvalue weighted by Gasteiger charge is -2.36. The summed E-state index contributed by atoms with van der Waals surface area (Å²) in [6, 6.07) is 8.19. The molecule has 0 radical (unpaired) electrons. The fourth-order valence-electron chi connectivity index (χ4n) is 4.48. The zero-order valence-electron chi connectivity index (χ0n) is 15.8. The second kappa shape index (κ2) is 8.21. The van der Waals surface area contributed by atoms with Crippen LogP contribution in [0.4, 0.5) is 0 Å². The molecule has 2 atom stereocenters. The van der Waals surface area contributed by atoms with Crippen LogP contribution in [0.2, 0.25) is 0 Å². The van der Waals surface area contributed by atoms with Crippen LogP contribution in [0.5, 0.6) is 0 Å². The fraction of sp³-hybridized carbons (Fsp3) is 0.571. The SMILES string of the molecule is O=C(Cn1cnc2ccccc2c1=O)N1CCCCC1CC[C@H]1CCCN1. The summed E-state index contributed by atoms with van der Waals surface area (Å²) in [5, 5.41) is 4.11. The third-order valence-electron chi connectivity index (χ3n) is 6.00. The number of carbonyl (C=O) groups is 1. The van der Waals surface area contributed by atoms with E-state index in [1.165, 1.54) is 30.2 Å². The van der Waals surface area contributed by atoms with E-state index in [0.29, 0.717) is 23.0 Å². The van der Waals surface area contributed by atoms with Crippen molar-refractivity contribution in [1.29, 1.82) is 0 Å². The molecule has 0 aliphatic carbocycles. The average molecular weight is 368 g/mol. The van der Waals surface area contributed by atoms with Crippen molar-refractivity contribution < 1.29 is 4.79 Å². The molecule has 0 bridgehead atoms. The van der Waals surface area contributed by atoms with Crippen molar-refractivity contribution in [2.24, 2.45) is 0 Å². The fourth-order valence-corrected chi connectivity index (χ4v) is 4.48. The number of piperidine rings is 1. The van der Waals surface area contributed by atoms with Crippen LogP contribution >= 0.6 is 0 Å². The van der Waals surface area contributed by atoms with Crippen LogP contribution in [0.25, 0.3) is 10.9 Å². The molecule has 6 nitrogen and oxygen atoms in total. The Morgan fingerprint density at radius 1 is 1.15 bits per heavy atom. The van der Waals surface area contributed by atoms with E-state index in [0.717, 1.165) is 38.8 Å². The highest BCUT2D eigenvalue weighted by atomic mass is 16.2. The zero-order chi connectivity index (χ0) is 18.6. The molecule has 2 aliphatic rings. The molecular formula is C21H28N4O2. The van der Waals surface area contributed by atoms with Crippen molar-refractivity contribution in [3.8, 4) is 0 Å². The Balaban J connectivity index is 1.45. The van der Waals surface area contributed by atoms with Crippen molar-refractivity contribution >= 4 is 16.8 Å². The number of hydrogen-bond acceptors (Lipinski definition) is 4. The number of benzene rings is 1. The largest absolute Gasteiger partial charge is 0.338 e. The maximum Gasteiger partial charge on any atom is 0.261 e. The molecule has 1 aromatic heterocycles. The Labute approximate surface area is 159 Å². The highest BCUT2D eigenvalue weighted by molar-refractivity contribution is 5.79. The average Bonchev–Trinajstić information content (AvgIpc) is 3.22. The Morgan fingerprint density at radius 3 is 2.89 bits per heavy atom. The minimum absolute atomic E-state index is 0.0401. The number of aromatic nitrogens is 2. The van der Waals surface area contributed by atoms with Gasteiger partial charge in [0, 0.05) is 18.6 Å². The van der Waals surface area contributed by atoms with E-state index in [4.69, 9.17) is 0 Å². The topological polar surface area (TPSA) is 67.2 Å². The molecule has 4 rings (SSSR count). The summed E-state index contributed by atoms with van der Waals surface area (Å²) in [5.41, 5.74) is 0.531. The molecule has 1 unspecified atom stereocenters. The van der Waals surface area contributed by atoms with Crippen LogP contribution in [0, 0.1) is 0 Å². The summed E-state index contributed by atoms with van der Waals surface area (Å²) in [6.45, 7) is 2.00. The molecule has 3 heterocycles. The van der Waals surface area contributed by atoms with Gasteiger partial charge in [-0.1, -0.05) is 12.1 Å². The first-order valence-corrected chi connectivity index (χ1v) is 10.2. The van der Waals surface area contributed by atoms with Gasteiger partial charge in [0.05, 0.1) is 17.2 Å². The first-order chi connectivity index (χ1) is 13.2. The van der Waals surface area contributed by atoms with E-state index in [1.54, 1.807) is 6.07 Å². The van der Waals surface area contributed by atoms with E-state index in [-0.39, 0.29) is 18.0 Å². The summed E-state index contributed by atoms with van der Waals surface area (Å²) in [6.07, 6.45) is 9.50. The second-order valence-electron chi connectivity index (χ2n) is 7.80. The standard InChI is InChI=1S/C21H28N4O2/c26-20(14-24-15-23-19-9-2-1-8-18(19)21(24)27)25-13-4-3-7-17(25)11-10-16-6-5-12-22-16/h1-2,8-9,15-17,22H,3-7,10-14H2/t16-,17?/m1/s1. The molecule has 2 aliphatic heterocycles. The van der Waals surface area contributed by atoms with Gasteiger partial charge in [-0.2, -0.15) is 0 Å². The molecule has 2 saturated heterocycles. The number of rotatable bonds is 5. The molecule has 1 aromatic carbocycles. The normalized spacial score (nSPS) is 23.0. The van der Waals surface area contributed by atoms with Crippen LogP contribution in [0.1, 0.15) is 44.9 Å². The molecule has 6 heteroatoms. The number of hydrogen-bond donors (Lipinski definition) is 1. The molecule has 0 saturated carbocycles. The first kappa shape index (κ1) is 18.2. The van der Waals surface area contributed by atoms with Gasteiger partial charge in [0.1, 0.15) is 6.54 Å². The number of fused-ring (bicyclic) bond motifs is 1. The van der Waals surface area contributed by atoms with Crippen LogP contribution in [-0.4, -0.2) is 45.5 Å². The van der Waals surface area contributed by atoms with Gasteiger partial charge in [0.2, 0.25) is 5.91 Å². The Bertz CT molecular complexity index is 857. The number of likely N-dealkylation sites (tertiary alicyclic amines) is 1. The van der Waals surface area contributed by atoms with E-state index < -0.39 is 0 Å². The summed E-state index contributed by atoms with van der Waals surface area (Å²) in [7, 11) is 0. The highest BCUT2D eigenvalue weighted by Crippen LogP contribution is 2.23. The molecule has 0 spiro atoms. The van der Waals surface area contributed by atoms with Crippen molar-refractivity contribution in [2.75, 3.05) is 13.1 Å². The van der Waals surface area contributed by atoms with Crippen molar-refractivity contribution in [1.82, 2.24) is 19.8 Å². The molecule has 144 valence electrons. The number of amides is 1. The van der Waals surface area contributed by atoms with Crippen molar-refractivity contribution in [3.63, 3.8) is 0 Å². The summed E-state index contributed by atoms with van der Waals surface area (Å²) >= 11 is 0. The van der Waals surface area contributed by atoms with Crippen LogP contribution in [-0.2, 0) is 11.3 Å². The molecule has 2 aromatic rings. The van der Waals surface area contributed by atoms with Crippen LogP contribution in [0.3, 0.4) is 0 Å². The lowest BCUT2D eigenvalue weighted by atomic mass is 9.95. The summed E-state index contributed by atoms with van der Waals surface area (Å²) in [4.78, 5) is 32.0. The number of nitrogens with one attached hydrogen (secondary N) is 1. The molecular weight excluding hydrogens is 340 g/mol. The monoisotopic (exact) mass is 368 g/mol. The lowest BCUT2D eigenvalue weighted by molar-refractivity contribution is -0.135. The van der Waals surface area contributed by atoms with Gasteiger partial charge < -0.3 is 10.2 Å². The third kappa shape index (κ3) is 4.05. The molecule has 1 N–H and O–H groups in total. The quantitative estimate of drug-likeness (QED) is 0.879. The van der Waals surface area contributed by atoms with E-state index in [9.17, 15) is 9.59 Å². The van der Waals surface area contributed by atoms with E-state index >= 15 is 0 Å². The van der Waals surface area contributed by atoms with Crippen molar-refractivity contribution in [3.05, 3.63) is 40.9 Å². The Kier molecular flexibility index (Phi) is 5.53. The highest BCUT2D eigenvalue weighted by Gasteiger charge is 2.28. The van der Waals surface area contributed by atoms with Gasteiger partial charge >= 0.3 is 0 Å². The minimum atomic E-state index is -0.141. The lowest BCUT2D eigenvalue weighted by Crippen LogP contribution is -2.46. The third-order valence-corrected chi connectivity index (χ3v) is 6.00.